The van der Waals surface area contributed by atoms with Crippen LogP contribution in [0.1, 0.15) is 17.7 Å². The van der Waals surface area contributed by atoms with E-state index in [4.69, 9.17) is 0 Å². The van der Waals surface area contributed by atoms with Gasteiger partial charge in [0.05, 0.1) is 11.7 Å². The van der Waals surface area contributed by atoms with Crippen molar-refractivity contribution in [3.63, 3.8) is 0 Å². The number of halogens is 1. The van der Waals surface area contributed by atoms with Gasteiger partial charge in [0.1, 0.15) is 5.82 Å². The molecule has 1 aromatic heterocycles. The van der Waals surface area contributed by atoms with E-state index in [0.717, 1.165) is 35.5 Å². The summed E-state index contributed by atoms with van der Waals surface area (Å²) in [7, 11) is 0. The summed E-state index contributed by atoms with van der Waals surface area (Å²) in [6.07, 6.45) is 1.89. The molecule has 0 radical (unpaired) electrons. The van der Waals surface area contributed by atoms with Crippen LogP contribution in [0.2, 0.25) is 0 Å². The van der Waals surface area contributed by atoms with Gasteiger partial charge in [0.15, 0.2) is 5.13 Å². The Morgan fingerprint density at radius 3 is 2.86 bits per heavy atom. The topological polar surface area (TPSA) is 54.0 Å². The van der Waals surface area contributed by atoms with Crippen LogP contribution < -0.4 is 10.6 Å². The molecule has 21 heavy (non-hydrogen) atoms. The van der Waals surface area contributed by atoms with Crippen molar-refractivity contribution in [2.24, 2.45) is 0 Å². The van der Waals surface area contributed by atoms with Crippen molar-refractivity contribution in [1.29, 1.82) is 0 Å². The zero-order chi connectivity index (χ0) is 14.8. The van der Waals surface area contributed by atoms with Crippen molar-refractivity contribution in [1.82, 2.24) is 10.3 Å². The number of amides is 1. The molecular formula is C15H16FN3OS. The first kappa shape index (κ1) is 14.2. The highest BCUT2D eigenvalue weighted by Crippen LogP contribution is 2.30. The van der Waals surface area contributed by atoms with E-state index in [1.54, 1.807) is 12.1 Å². The predicted octanol–water partition coefficient (Wildman–Crippen LogP) is 2.95. The molecule has 2 aromatic rings. The van der Waals surface area contributed by atoms with E-state index in [0.29, 0.717) is 5.13 Å². The molecule has 2 heterocycles. The molecule has 4 nitrogen and oxygen atoms in total. The number of anilines is 1. The molecule has 1 amide bonds. The lowest BCUT2D eigenvalue weighted by Crippen LogP contribution is -2.35. The average Bonchev–Trinajstić information content (AvgIpc) is 3.10. The molecule has 1 saturated heterocycles. The normalized spacial score (nSPS) is 17.9. The predicted molar refractivity (Wildman–Crippen MR) is 81.9 cm³/mol. The van der Waals surface area contributed by atoms with Crippen LogP contribution in [0.3, 0.4) is 0 Å². The Labute approximate surface area is 126 Å². The highest BCUT2D eigenvalue weighted by molar-refractivity contribution is 7.16. The minimum absolute atomic E-state index is 0.0353. The molecule has 6 heteroatoms. The van der Waals surface area contributed by atoms with Crippen LogP contribution >= 0.6 is 11.3 Å². The third-order valence-electron chi connectivity index (χ3n) is 3.52. The Hall–Kier alpha value is -1.79. The molecule has 3 rings (SSSR count). The Balaban J connectivity index is 1.77. The summed E-state index contributed by atoms with van der Waals surface area (Å²) in [6, 6.07) is 6.09. The van der Waals surface area contributed by atoms with Crippen molar-refractivity contribution >= 4 is 22.4 Å². The first-order chi connectivity index (χ1) is 10.1. The number of carbonyl (C=O) groups excluding carboxylic acids is 1. The zero-order valence-corrected chi connectivity index (χ0v) is 12.5. The number of carbonyl (C=O) groups is 1. The van der Waals surface area contributed by atoms with Crippen molar-refractivity contribution < 1.29 is 9.18 Å². The molecule has 0 saturated carbocycles. The molecule has 2 N–H and O–H groups in total. The Morgan fingerprint density at radius 2 is 2.19 bits per heavy atom. The highest BCUT2D eigenvalue weighted by atomic mass is 32.1. The molecule has 1 atom stereocenters. The van der Waals surface area contributed by atoms with Crippen LogP contribution in [-0.2, 0) is 4.79 Å². The zero-order valence-electron chi connectivity index (χ0n) is 11.6. The second-order valence-electron chi connectivity index (χ2n) is 5.07. The number of nitrogens with zero attached hydrogens (tertiary/aromatic N) is 1. The lowest BCUT2D eigenvalue weighted by atomic mass is 10.1. The molecular weight excluding hydrogens is 289 g/mol. The Kier molecular flexibility index (Phi) is 3.98. The van der Waals surface area contributed by atoms with E-state index in [1.165, 1.54) is 23.5 Å². The van der Waals surface area contributed by atoms with Gasteiger partial charge in [0.2, 0.25) is 5.91 Å². The van der Waals surface area contributed by atoms with Gasteiger partial charge in [-0.3, -0.25) is 4.79 Å². The molecule has 1 aromatic carbocycles. The van der Waals surface area contributed by atoms with Gasteiger partial charge in [-0.25, -0.2) is 9.37 Å². The van der Waals surface area contributed by atoms with E-state index in [-0.39, 0.29) is 17.8 Å². The van der Waals surface area contributed by atoms with Crippen LogP contribution in [0.4, 0.5) is 9.52 Å². The van der Waals surface area contributed by atoms with Crippen LogP contribution in [0.25, 0.3) is 11.3 Å². The number of rotatable bonds is 3. The quantitative estimate of drug-likeness (QED) is 0.916. The van der Waals surface area contributed by atoms with Gasteiger partial charge in [-0.1, -0.05) is 0 Å². The van der Waals surface area contributed by atoms with Crippen molar-refractivity contribution in [2.75, 3.05) is 11.9 Å². The number of aryl methyl sites for hydroxylation is 1. The highest BCUT2D eigenvalue weighted by Gasteiger charge is 2.23. The maximum atomic E-state index is 13.0. The Morgan fingerprint density at radius 1 is 1.43 bits per heavy atom. The summed E-state index contributed by atoms with van der Waals surface area (Å²) >= 11 is 1.44. The second-order valence-corrected chi connectivity index (χ2v) is 6.27. The van der Waals surface area contributed by atoms with E-state index in [1.807, 2.05) is 6.92 Å². The third kappa shape index (κ3) is 3.11. The van der Waals surface area contributed by atoms with E-state index in [9.17, 15) is 9.18 Å². The van der Waals surface area contributed by atoms with Crippen LogP contribution in [0.5, 0.6) is 0 Å². The van der Waals surface area contributed by atoms with E-state index in [2.05, 4.69) is 15.6 Å². The second kappa shape index (κ2) is 5.91. The van der Waals surface area contributed by atoms with E-state index < -0.39 is 0 Å². The van der Waals surface area contributed by atoms with Gasteiger partial charge in [-0.05, 0) is 50.6 Å². The monoisotopic (exact) mass is 305 g/mol. The van der Waals surface area contributed by atoms with Gasteiger partial charge in [0, 0.05) is 10.4 Å². The minimum atomic E-state index is -0.271. The smallest absolute Gasteiger partial charge is 0.243 e. The summed E-state index contributed by atoms with van der Waals surface area (Å²) < 4.78 is 13.0. The summed E-state index contributed by atoms with van der Waals surface area (Å²) in [6.45, 7) is 2.83. The maximum absolute atomic E-state index is 13.0. The molecule has 1 aliphatic rings. The van der Waals surface area contributed by atoms with Crippen molar-refractivity contribution in [2.45, 2.75) is 25.8 Å². The summed E-state index contributed by atoms with van der Waals surface area (Å²) in [4.78, 5) is 17.5. The molecule has 0 spiro atoms. The fourth-order valence-electron chi connectivity index (χ4n) is 2.43. The van der Waals surface area contributed by atoms with Crippen LogP contribution in [0, 0.1) is 12.7 Å². The van der Waals surface area contributed by atoms with E-state index >= 15 is 0 Å². The average molecular weight is 305 g/mol. The van der Waals surface area contributed by atoms with Gasteiger partial charge < -0.3 is 10.6 Å². The van der Waals surface area contributed by atoms with Gasteiger partial charge >= 0.3 is 0 Å². The van der Waals surface area contributed by atoms with Crippen molar-refractivity contribution in [3.8, 4) is 11.3 Å². The number of hydrogen-bond donors (Lipinski definition) is 2. The SMILES string of the molecule is Cc1sc(NC(=O)C2CCCN2)nc1-c1ccc(F)cc1. The lowest BCUT2D eigenvalue weighted by molar-refractivity contribution is -0.117. The number of aromatic nitrogens is 1. The molecule has 0 aliphatic carbocycles. The first-order valence-electron chi connectivity index (χ1n) is 6.91. The lowest BCUT2D eigenvalue weighted by Gasteiger charge is -2.08. The fourth-order valence-corrected chi connectivity index (χ4v) is 3.27. The number of benzene rings is 1. The van der Waals surface area contributed by atoms with Gasteiger partial charge in [-0.2, -0.15) is 0 Å². The maximum Gasteiger partial charge on any atom is 0.243 e. The molecule has 1 aliphatic heterocycles. The minimum Gasteiger partial charge on any atom is -0.306 e. The molecule has 0 bridgehead atoms. The Bertz CT molecular complexity index is 647. The van der Waals surface area contributed by atoms with Crippen molar-refractivity contribution in [3.05, 3.63) is 35.0 Å². The van der Waals surface area contributed by atoms with Gasteiger partial charge in [0.25, 0.3) is 0 Å². The summed E-state index contributed by atoms with van der Waals surface area (Å²) in [5.74, 6) is -0.306. The largest absolute Gasteiger partial charge is 0.306 e. The van der Waals surface area contributed by atoms with Gasteiger partial charge in [-0.15, -0.1) is 11.3 Å². The molecule has 1 unspecified atom stereocenters. The standard InChI is InChI=1S/C15H16FN3OS/c1-9-13(10-4-6-11(16)7-5-10)18-15(21-9)19-14(20)12-3-2-8-17-12/h4-7,12,17H,2-3,8H2,1H3,(H,18,19,20). The number of thiazole rings is 1. The van der Waals surface area contributed by atoms with Crippen LogP contribution in [-0.4, -0.2) is 23.5 Å². The first-order valence-corrected chi connectivity index (χ1v) is 7.73. The van der Waals surface area contributed by atoms with Crippen LogP contribution in [0.15, 0.2) is 24.3 Å². The summed E-state index contributed by atoms with van der Waals surface area (Å²) in [5.41, 5.74) is 1.64. The number of hydrogen-bond acceptors (Lipinski definition) is 4. The summed E-state index contributed by atoms with van der Waals surface area (Å²) in [5, 5.41) is 6.61. The third-order valence-corrected chi connectivity index (χ3v) is 4.41. The number of nitrogens with one attached hydrogen (secondary N) is 2. The molecule has 1 fully saturated rings. The fraction of sp³-hybridized carbons (Fsp3) is 0.333. The molecule has 110 valence electrons.